The molecular formula is C14H16ClN3O2. The minimum Gasteiger partial charge on any atom is -0.305 e. The van der Waals surface area contributed by atoms with E-state index in [0.717, 1.165) is 11.3 Å². The quantitative estimate of drug-likeness (QED) is 0.813. The fourth-order valence-corrected chi connectivity index (χ4v) is 2.02. The summed E-state index contributed by atoms with van der Waals surface area (Å²) in [4.78, 5) is 14.0. The maximum absolute atomic E-state index is 12.3. The van der Waals surface area contributed by atoms with Gasteiger partial charge in [0.05, 0.1) is 6.54 Å². The van der Waals surface area contributed by atoms with E-state index in [4.69, 9.17) is 11.6 Å². The van der Waals surface area contributed by atoms with Crippen molar-refractivity contribution in [2.75, 3.05) is 4.90 Å². The van der Waals surface area contributed by atoms with Gasteiger partial charge in [-0.15, -0.1) is 11.6 Å². The number of nitrogens with zero attached hydrogens (tertiary/aromatic N) is 3. The summed E-state index contributed by atoms with van der Waals surface area (Å²) in [6.07, 6.45) is 0. The molecule has 0 radical (unpaired) electrons. The lowest BCUT2D eigenvalue weighted by atomic mass is 10.1. The zero-order valence-electron chi connectivity index (χ0n) is 11.6. The number of anilines is 1. The highest BCUT2D eigenvalue weighted by Crippen LogP contribution is 2.23. The Kier molecular flexibility index (Phi) is 4.39. The molecule has 2 rings (SSSR count). The van der Waals surface area contributed by atoms with Crippen LogP contribution in [0.1, 0.15) is 23.9 Å². The van der Waals surface area contributed by atoms with Gasteiger partial charge in [-0.2, -0.15) is 0 Å². The van der Waals surface area contributed by atoms with Crippen LogP contribution in [0.2, 0.25) is 0 Å². The molecule has 106 valence electrons. The smallest absolute Gasteiger partial charge is 0.245 e. The minimum atomic E-state index is -0.616. The van der Waals surface area contributed by atoms with Gasteiger partial charge in [0.2, 0.25) is 5.91 Å². The van der Waals surface area contributed by atoms with Crippen molar-refractivity contribution in [3.8, 4) is 0 Å². The molecule has 0 bridgehead atoms. The van der Waals surface area contributed by atoms with Gasteiger partial charge in [0.15, 0.2) is 0 Å². The molecule has 0 aliphatic rings. The molecule has 1 heterocycles. The van der Waals surface area contributed by atoms with Crippen molar-refractivity contribution in [3.05, 3.63) is 41.2 Å². The number of halogens is 1. The maximum atomic E-state index is 12.3. The number of hydrogen-bond donors (Lipinski definition) is 0. The van der Waals surface area contributed by atoms with Crippen molar-refractivity contribution in [3.63, 3.8) is 0 Å². The number of carbonyl (C=O) groups excluding carboxylic acids is 1. The number of alkyl halides is 1. The topological polar surface area (TPSA) is 59.2 Å². The number of amides is 1. The van der Waals surface area contributed by atoms with Crippen LogP contribution in [0.4, 0.5) is 5.69 Å². The monoisotopic (exact) mass is 293 g/mol. The van der Waals surface area contributed by atoms with E-state index in [1.807, 2.05) is 31.2 Å². The highest BCUT2D eigenvalue weighted by molar-refractivity contribution is 6.32. The number of benzene rings is 1. The second-order valence-corrected chi connectivity index (χ2v) is 5.28. The number of carbonyl (C=O) groups is 1. The van der Waals surface area contributed by atoms with Crippen LogP contribution in [-0.4, -0.2) is 21.6 Å². The molecule has 1 unspecified atom stereocenters. The van der Waals surface area contributed by atoms with Crippen molar-refractivity contribution in [2.45, 2.75) is 32.7 Å². The summed E-state index contributed by atoms with van der Waals surface area (Å²) >= 11 is 5.95. The third-order valence-corrected chi connectivity index (χ3v) is 3.25. The molecule has 1 amide bonds. The van der Waals surface area contributed by atoms with Crippen molar-refractivity contribution in [1.82, 2.24) is 10.3 Å². The summed E-state index contributed by atoms with van der Waals surface area (Å²) < 4.78 is 4.68. The van der Waals surface area contributed by atoms with Gasteiger partial charge in [-0.1, -0.05) is 28.5 Å². The lowest BCUT2D eigenvalue weighted by Crippen LogP contribution is -2.36. The lowest BCUT2D eigenvalue weighted by Gasteiger charge is -2.24. The van der Waals surface area contributed by atoms with Crippen LogP contribution in [0.5, 0.6) is 0 Å². The first kappa shape index (κ1) is 14.5. The Morgan fingerprint density at radius 3 is 2.60 bits per heavy atom. The molecule has 0 fully saturated rings. The van der Waals surface area contributed by atoms with E-state index < -0.39 is 5.38 Å². The summed E-state index contributed by atoms with van der Waals surface area (Å²) in [7, 11) is 0. The molecular weight excluding hydrogens is 278 g/mol. The van der Waals surface area contributed by atoms with Gasteiger partial charge in [0.25, 0.3) is 0 Å². The predicted molar refractivity (Wildman–Crippen MR) is 76.7 cm³/mol. The van der Waals surface area contributed by atoms with Gasteiger partial charge in [-0.3, -0.25) is 4.79 Å². The van der Waals surface area contributed by atoms with Crippen LogP contribution in [0.25, 0.3) is 0 Å². The number of hydrogen-bond acceptors (Lipinski definition) is 4. The Balaban J connectivity index is 2.38. The molecule has 0 spiro atoms. The van der Waals surface area contributed by atoms with Crippen molar-refractivity contribution >= 4 is 23.2 Å². The Morgan fingerprint density at radius 2 is 2.05 bits per heavy atom. The highest BCUT2D eigenvalue weighted by atomic mass is 35.5. The third kappa shape index (κ3) is 2.99. The fraction of sp³-hybridized carbons (Fsp3) is 0.357. The van der Waals surface area contributed by atoms with Gasteiger partial charge in [-0.25, -0.2) is 4.63 Å². The zero-order valence-corrected chi connectivity index (χ0v) is 12.4. The summed E-state index contributed by atoms with van der Waals surface area (Å²) in [5.41, 5.74) is 3.09. The number of para-hydroxylation sites is 1. The molecule has 2 aromatic rings. The number of rotatable bonds is 4. The van der Waals surface area contributed by atoms with E-state index in [9.17, 15) is 4.79 Å². The molecule has 6 heteroatoms. The van der Waals surface area contributed by atoms with Gasteiger partial charge in [0.1, 0.15) is 16.8 Å². The first-order chi connectivity index (χ1) is 9.50. The summed E-state index contributed by atoms with van der Waals surface area (Å²) in [5.74, 6) is -0.177. The van der Waals surface area contributed by atoms with Crippen molar-refractivity contribution < 1.29 is 9.42 Å². The van der Waals surface area contributed by atoms with Crippen LogP contribution in [0, 0.1) is 13.8 Å². The molecule has 0 N–H and O–H groups in total. The second kappa shape index (κ2) is 6.05. The largest absolute Gasteiger partial charge is 0.305 e. The Bertz CT molecular complexity index is 610. The van der Waals surface area contributed by atoms with Gasteiger partial charge < -0.3 is 4.90 Å². The summed E-state index contributed by atoms with van der Waals surface area (Å²) in [6.45, 7) is 5.68. The van der Waals surface area contributed by atoms with Crippen LogP contribution in [0.3, 0.4) is 0 Å². The molecule has 0 aliphatic carbocycles. The first-order valence-corrected chi connectivity index (χ1v) is 6.73. The Hall–Kier alpha value is -1.88. The van der Waals surface area contributed by atoms with Crippen LogP contribution >= 0.6 is 11.6 Å². The molecule has 5 nitrogen and oxygen atoms in total. The highest BCUT2D eigenvalue weighted by Gasteiger charge is 2.23. The van der Waals surface area contributed by atoms with Crippen LogP contribution < -0.4 is 4.90 Å². The number of aryl methyl sites for hydroxylation is 2. The van der Waals surface area contributed by atoms with E-state index in [0.29, 0.717) is 11.4 Å². The SMILES string of the molecule is Cc1ccccc1N(Cc1nonc1C)C(=O)C(C)Cl. The zero-order chi connectivity index (χ0) is 14.7. The molecule has 0 saturated carbocycles. The Morgan fingerprint density at radius 1 is 1.35 bits per heavy atom. The van der Waals surface area contributed by atoms with E-state index >= 15 is 0 Å². The maximum Gasteiger partial charge on any atom is 0.245 e. The van der Waals surface area contributed by atoms with Crippen molar-refractivity contribution in [2.24, 2.45) is 0 Å². The van der Waals surface area contributed by atoms with Crippen molar-refractivity contribution in [1.29, 1.82) is 0 Å². The van der Waals surface area contributed by atoms with E-state index in [2.05, 4.69) is 14.9 Å². The Labute approximate surface area is 122 Å². The normalized spacial score (nSPS) is 12.2. The first-order valence-electron chi connectivity index (χ1n) is 6.30. The van der Waals surface area contributed by atoms with Gasteiger partial charge in [0, 0.05) is 5.69 Å². The standard InChI is InChI=1S/C14H16ClN3O2/c1-9-6-4-5-7-13(9)18(14(19)10(2)15)8-12-11(3)16-20-17-12/h4-7,10H,8H2,1-3H3. The third-order valence-electron chi connectivity index (χ3n) is 3.07. The van der Waals surface area contributed by atoms with E-state index in [1.165, 1.54) is 0 Å². The predicted octanol–water partition coefficient (Wildman–Crippen LogP) is 2.85. The average molecular weight is 294 g/mol. The molecule has 1 atom stereocenters. The van der Waals surface area contributed by atoms with Gasteiger partial charge >= 0.3 is 0 Å². The molecule has 20 heavy (non-hydrogen) atoms. The fourth-order valence-electron chi connectivity index (χ4n) is 1.91. The summed E-state index contributed by atoms with van der Waals surface area (Å²) in [6, 6.07) is 7.64. The molecule has 1 aromatic heterocycles. The molecule has 0 saturated heterocycles. The van der Waals surface area contributed by atoms with Crippen LogP contribution in [-0.2, 0) is 11.3 Å². The van der Waals surface area contributed by atoms with Gasteiger partial charge in [-0.05, 0) is 32.4 Å². The average Bonchev–Trinajstić information content (AvgIpc) is 2.81. The second-order valence-electron chi connectivity index (χ2n) is 4.62. The number of aromatic nitrogens is 2. The van der Waals surface area contributed by atoms with Crippen LogP contribution in [0.15, 0.2) is 28.9 Å². The molecule has 1 aromatic carbocycles. The molecule has 0 aliphatic heterocycles. The lowest BCUT2D eigenvalue weighted by molar-refractivity contribution is -0.118. The van der Waals surface area contributed by atoms with E-state index in [1.54, 1.807) is 18.7 Å². The summed E-state index contributed by atoms with van der Waals surface area (Å²) in [5, 5.41) is 6.95. The minimum absolute atomic E-state index is 0.177. The van der Waals surface area contributed by atoms with E-state index in [-0.39, 0.29) is 12.5 Å².